The Morgan fingerprint density at radius 3 is 2.53 bits per heavy atom. The Morgan fingerprint density at radius 1 is 1.24 bits per heavy atom. The second-order valence-corrected chi connectivity index (χ2v) is 5.44. The predicted octanol–water partition coefficient (Wildman–Crippen LogP) is 3.42. The maximum atomic E-state index is 4.01. The summed E-state index contributed by atoms with van der Waals surface area (Å²) in [4.78, 5) is 0. The summed E-state index contributed by atoms with van der Waals surface area (Å²) < 4.78 is 0. The Hall–Kier alpha value is -0.830. The lowest BCUT2D eigenvalue weighted by Gasteiger charge is -2.26. The zero-order chi connectivity index (χ0) is 12.1. The topological polar surface area (TPSA) is 40.7 Å². The van der Waals surface area contributed by atoms with Gasteiger partial charge >= 0.3 is 0 Å². The summed E-state index contributed by atoms with van der Waals surface area (Å²) in [6, 6.07) is 3.03. The van der Waals surface area contributed by atoms with Gasteiger partial charge < -0.3 is 5.32 Å². The van der Waals surface area contributed by atoms with E-state index in [1.807, 2.05) is 6.20 Å². The minimum absolute atomic E-state index is 0.371. The molecule has 0 saturated heterocycles. The SMILES string of the molecule is CC(N[C@@H](C)C1CCCCCC1)c1ccn[nH]1. The summed E-state index contributed by atoms with van der Waals surface area (Å²) in [7, 11) is 0. The van der Waals surface area contributed by atoms with Crippen LogP contribution in [0.25, 0.3) is 0 Å². The summed E-state index contributed by atoms with van der Waals surface area (Å²) in [6.45, 7) is 4.55. The number of nitrogens with zero attached hydrogens (tertiary/aromatic N) is 1. The first kappa shape index (κ1) is 12.6. The Labute approximate surface area is 104 Å². The largest absolute Gasteiger partial charge is 0.306 e. The molecule has 17 heavy (non-hydrogen) atoms. The quantitative estimate of drug-likeness (QED) is 0.785. The van der Waals surface area contributed by atoms with Crippen molar-refractivity contribution in [2.45, 2.75) is 64.5 Å². The Balaban J connectivity index is 1.85. The molecule has 0 bridgehead atoms. The molecule has 0 spiro atoms. The van der Waals surface area contributed by atoms with E-state index in [2.05, 4.69) is 35.4 Å². The minimum atomic E-state index is 0.371. The van der Waals surface area contributed by atoms with Crippen molar-refractivity contribution in [1.82, 2.24) is 15.5 Å². The van der Waals surface area contributed by atoms with Gasteiger partial charge in [-0.3, -0.25) is 5.10 Å². The summed E-state index contributed by atoms with van der Waals surface area (Å²) in [5.41, 5.74) is 1.19. The van der Waals surface area contributed by atoms with Crippen molar-refractivity contribution in [3.63, 3.8) is 0 Å². The van der Waals surface area contributed by atoms with Crippen molar-refractivity contribution in [2.24, 2.45) is 5.92 Å². The summed E-state index contributed by atoms with van der Waals surface area (Å²) >= 11 is 0. The summed E-state index contributed by atoms with van der Waals surface area (Å²) in [6.07, 6.45) is 10.3. The van der Waals surface area contributed by atoms with Crippen molar-refractivity contribution >= 4 is 0 Å². The highest BCUT2D eigenvalue weighted by Crippen LogP contribution is 2.26. The first-order chi connectivity index (χ1) is 8.27. The Morgan fingerprint density at radius 2 is 1.94 bits per heavy atom. The standard InChI is InChI=1S/C14H25N3/c1-11(13-7-5-3-4-6-8-13)16-12(2)14-9-10-15-17-14/h9-13,16H,3-8H2,1-2H3,(H,15,17)/t11-,12?/m0/s1. The fourth-order valence-electron chi connectivity index (χ4n) is 2.94. The molecular weight excluding hydrogens is 210 g/mol. The molecule has 3 heteroatoms. The molecule has 1 fully saturated rings. The van der Waals surface area contributed by atoms with Gasteiger partial charge in [0.15, 0.2) is 0 Å². The van der Waals surface area contributed by atoms with E-state index in [0.717, 1.165) is 5.92 Å². The number of hydrogen-bond donors (Lipinski definition) is 2. The van der Waals surface area contributed by atoms with Crippen LogP contribution in [0, 0.1) is 5.92 Å². The van der Waals surface area contributed by atoms with E-state index >= 15 is 0 Å². The van der Waals surface area contributed by atoms with Crippen molar-refractivity contribution < 1.29 is 0 Å². The monoisotopic (exact) mass is 235 g/mol. The molecule has 0 aromatic carbocycles. The van der Waals surface area contributed by atoms with Gasteiger partial charge in [0.25, 0.3) is 0 Å². The summed E-state index contributed by atoms with van der Waals surface area (Å²) in [5.74, 6) is 0.850. The molecule has 0 aliphatic heterocycles. The van der Waals surface area contributed by atoms with E-state index in [0.29, 0.717) is 12.1 Å². The Bertz CT molecular complexity index is 299. The number of H-pyrrole nitrogens is 1. The molecule has 1 unspecified atom stereocenters. The minimum Gasteiger partial charge on any atom is -0.306 e. The molecule has 1 aromatic rings. The fourth-order valence-corrected chi connectivity index (χ4v) is 2.94. The maximum Gasteiger partial charge on any atom is 0.0518 e. The molecule has 0 radical (unpaired) electrons. The zero-order valence-electron chi connectivity index (χ0n) is 11.1. The highest BCUT2D eigenvalue weighted by molar-refractivity contribution is 5.03. The molecular formula is C14H25N3. The normalized spacial score (nSPS) is 22.0. The maximum absolute atomic E-state index is 4.01. The first-order valence-corrected chi connectivity index (χ1v) is 7.02. The average molecular weight is 235 g/mol. The van der Waals surface area contributed by atoms with Crippen molar-refractivity contribution in [3.05, 3.63) is 18.0 Å². The second kappa shape index (κ2) is 6.20. The van der Waals surface area contributed by atoms with E-state index in [1.165, 1.54) is 44.2 Å². The molecule has 1 aliphatic carbocycles. The number of hydrogen-bond acceptors (Lipinski definition) is 2. The van der Waals surface area contributed by atoms with E-state index < -0.39 is 0 Å². The van der Waals surface area contributed by atoms with E-state index in [-0.39, 0.29) is 0 Å². The molecule has 2 rings (SSSR count). The van der Waals surface area contributed by atoms with Gasteiger partial charge in [0.2, 0.25) is 0 Å². The molecule has 1 aromatic heterocycles. The smallest absolute Gasteiger partial charge is 0.0518 e. The van der Waals surface area contributed by atoms with Crippen LogP contribution in [0.1, 0.15) is 64.1 Å². The molecule has 3 nitrogen and oxygen atoms in total. The third kappa shape index (κ3) is 3.56. The Kier molecular flexibility index (Phi) is 4.60. The molecule has 2 N–H and O–H groups in total. The van der Waals surface area contributed by atoms with Gasteiger partial charge in [-0.2, -0.15) is 5.10 Å². The van der Waals surface area contributed by atoms with Crippen LogP contribution < -0.4 is 5.32 Å². The second-order valence-electron chi connectivity index (χ2n) is 5.44. The number of aromatic amines is 1. The highest BCUT2D eigenvalue weighted by Gasteiger charge is 2.20. The van der Waals surface area contributed by atoms with Crippen LogP contribution in [-0.4, -0.2) is 16.2 Å². The molecule has 1 saturated carbocycles. The number of aromatic nitrogens is 2. The number of nitrogens with one attached hydrogen (secondary N) is 2. The van der Waals surface area contributed by atoms with Gasteiger partial charge in [-0.05, 0) is 38.7 Å². The van der Waals surface area contributed by atoms with Crippen molar-refractivity contribution in [3.8, 4) is 0 Å². The van der Waals surface area contributed by atoms with Crippen molar-refractivity contribution in [1.29, 1.82) is 0 Å². The lowest BCUT2D eigenvalue weighted by atomic mass is 9.92. The lowest BCUT2D eigenvalue weighted by Crippen LogP contribution is -2.35. The van der Waals surface area contributed by atoms with Crippen LogP contribution in [0.5, 0.6) is 0 Å². The van der Waals surface area contributed by atoms with Crippen molar-refractivity contribution in [2.75, 3.05) is 0 Å². The van der Waals surface area contributed by atoms with E-state index in [9.17, 15) is 0 Å². The lowest BCUT2D eigenvalue weighted by molar-refractivity contribution is 0.314. The van der Waals surface area contributed by atoms with Gasteiger partial charge in [0.1, 0.15) is 0 Å². The first-order valence-electron chi connectivity index (χ1n) is 7.02. The van der Waals surface area contributed by atoms with Crippen LogP contribution in [0.2, 0.25) is 0 Å². The molecule has 96 valence electrons. The molecule has 1 aliphatic rings. The van der Waals surface area contributed by atoms with Gasteiger partial charge in [-0.15, -0.1) is 0 Å². The third-order valence-electron chi connectivity index (χ3n) is 4.11. The van der Waals surface area contributed by atoms with E-state index in [1.54, 1.807) is 0 Å². The molecule has 0 amide bonds. The predicted molar refractivity (Wildman–Crippen MR) is 70.8 cm³/mol. The summed E-state index contributed by atoms with van der Waals surface area (Å²) in [5, 5.41) is 10.8. The van der Waals surface area contributed by atoms with Gasteiger partial charge in [0, 0.05) is 18.3 Å². The zero-order valence-corrected chi connectivity index (χ0v) is 11.1. The number of rotatable bonds is 4. The van der Waals surface area contributed by atoms with Crippen LogP contribution in [-0.2, 0) is 0 Å². The third-order valence-corrected chi connectivity index (χ3v) is 4.11. The average Bonchev–Trinajstić information content (AvgIpc) is 2.71. The fraction of sp³-hybridized carbons (Fsp3) is 0.786. The van der Waals surface area contributed by atoms with Crippen LogP contribution in [0.15, 0.2) is 12.3 Å². The van der Waals surface area contributed by atoms with Gasteiger partial charge in [-0.1, -0.05) is 25.7 Å². The molecule has 1 heterocycles. The van der Waals surface area contributed by atoms with E-state index in [4.69, 9.17) is 0 Å². The highest BCUT2D eigenvalue weighted by atomic mass is 15.1. The van der Waals surface area contributed by atoms with Crippen LogP contribution in [0.4, 0.5) is 0 Å². The van der Waals surface area contributed by atoms with Gasteiger partial charge in [-0.25, -0.2) is 0 Å². The van der Waals surface area contributed by atoms with Gasteiger partial charge in [0.05, 0.1) is 5.69 Å². The molecule has 2 atom stereocenters. The van der Waals surface area contributed by atoms with Crippen LogP contribution >= 0.6 is 0 Å². The van der Waals surface area contributed by atoms with Crippen LogP contribution in [0.3, 0.4) is 0 Å².